The predicted molar refractivity (Wildman–Crippen MR) is 87.0 cm³/mol. The summed E-state index contributed by atoms with van der Waals surface area (Å²) in [6.07, 6.45) is 3.79. The number of rotatable bonds is 5. The lowest BCUT2D eigenvalue weighted by Crippen LogP contribution is -2.34. The second-order valence-corrected chi connectivity index (χ2v) is 6.60. The van der Waals surface area contributed by atoms with E-state index in [0.29, 0.717) is 24.3 Å². The van der Waals surface area contributed by atoms with Crippen molar-refractivity contribution in [3.8, 4) is 5.75 Å². The highest BCUT2D eigenvalue weighted by Gasteiger charge is 2.40. The van der Waals surface area contributed by atoms with Gasteiger partial charge in [-0.25, -0.2) is 0 Å². The van der Waals surface area contributed by atoms with Crippen molar-refractivity contribution in [2.45, 2.75) is 31.7 Å². The van der Waals surface area contributed by atoms with Gasteiger partial charge in [0.05, 0.1) is 7.11 Å². The quantitative estimate of drug-likeness (QED) is 0.836. The van der Waals surface area contributed by atoms with Crippen LogP contribution in [0.2, 0.25) is 0 Å². The highest BCUT2D eigenvalue weighted by atomic mass is 16.5. The summed E-state index contributed by atoms with van der Waals surface area (Å²) in [5, 5.41) is 0. The van der Waals surface area contributed by atoms with Gasteiger partial charge in [0.15, 0.2) is 0 Å². The maximum atomic E-state index is 12.4. The van der Waals surface area contributed by atoms with Crippen LogP contribution in [0.5, 0.6) is 5.75 Å². The fourth-order valence-corrected chi connectivity index (χ4v) is 3.77. The van der Waals surface area contributed by atoms with Crippen molar-refractivity contribution in [1.82, 2.24) is 9.80 Å². The second kappa shape index (κ2) is 6.69. The normalized spacial score (nSPS) is 24.5. The number of hydrogen-bond donors (Lipinski definition) is 0. The predicted octanol–water partition coefficient (Wildman–Crippen LogP) is 2.18. The Morgan fingerprint density at radius 2 is 2.05 bits per heavy atom. The summed E-state index contributed by atoms with van der Waals surface area (Å²) in [5.74, 6) is 1.92. The highest BCUT2D eigenvalue weighted by molar-refractivity contribution is 5.76. The van der Waals surface area contributed by atoms with Crippen molar-refractivity contribution in [3.63, 3.8) is 0 Å². The number of amides is 1. The first-order valence-corrected chi connectivity index (χ1v) is 8.28. The lowest BCUT2D eigenvalue weighted by atomic mass is 10.1. The van der Waals surface area contributed by atoms with Gasteiger partial charge < -0.3 is 14.5 Å². The summed E-state index contributed by atoms with van der Waals surface area (Å²) < 4.78 is 5.16. The average Bonchev–Trinajstić information content (AvgIpc) is 3.10. The number of benzene rings is 1. The van der Waals surface area contributed by atoms with Gasteiger partial charge in [-0.1, -0.05) is 12.1 Å². The Labute approximate surface area is 133 Å². The molecule has 22 heavy (non-hydrogen) atoms. The third kappa shape index (κ3) is 3.27. The molecule has 1 amide bonds. The highest BCUT2D eigenvalue weighted by Crippen LogP contribution is 2.30. The van der Waals surface area contributed by atoms with E-state index in [-0.39, 0.29) is 0 Å². The molecule has 0 radical (unpaired) electrons. The first kappa shape index (κ1) is 15.3. The number of methoxy groups -OCH3 is 1. The van der Waals surface area contributed by atoms with Crippen molar-refractivity contribution < 1.29 is 9.53 Å². The zero-order valence-corrected chi connectivity index (χ0v) is 13.6. The van der Waals surface area contributed by atoms with Crippen molar-refractivity contribution in [3.05, 3.63) is 29.8 Å². The third-order valence-electron chi connectivity index (χ3n) is 5.19. The summed E-state index contributed by atoms with van der Waals surface area (Å²) >= 11 is 0. The summed E-state index contributed by atoms with van der Waals surface area (Å²) in [6.45, 7) is 3.09. The zero-order chi connectivity index (χ0) is 15.5. The van der Waals surface area contributed by atoms with Gasteiger partial charge in [0.2, 0.25) is 5.91 Å². The average molecular weight is 302 g/mol. The molecule has 120 valence electrons. The molecule has 1 aromatic carbocycles. The van der Waals surface area contributed by atoms with E-state index in [2.05, 4.69) is 29.0 Å². The molecule has 0 saturated carbocycles. The Morgan fingerprint density at radius 3 is 2.73 bits per heavy atom. The molecule has 2 fully saturated rings. The molecule has 4 nitrogen and oxygen atoms in total. The number of carbonyl (C=O) groups excluding carboxylic acids is 1. The van der Waals surface area contributed by atoms with Gasteiger partial charge in [0.25, 0.3) is 0 Å². The van der Waals surface area contributed by atoms with E-state index in [1.54, 1.807) is 7.11 Å². The van der Waals surface area contributed by atoms with Gasteiger partial charge in [-0.05, 0) is 56.5 Å². The smallest absolute Gasteiger partial charge is 0.222 e. The van der Waals surface area contributed by atoms with Crippen molar-refractivity contribution in [2.24, 2.45) is 5.92 Å². The molecule has 0 N–H and O–H groups in total. The number of likely N-dealkylation sites (N-methyl/N-ethyl adjacent to an activating group) is 1. The summed E-state index contributed by atoms with van der Waals surface area (Å²) in [5.41, 5.74) is 1.27. The number of likely N-dealkylation sites (tertiary alicyclic amines) is 2. The van der Waals surface area contributed by atoms with Gasteiger partial charge in [-0.15, -0.1) is 0 Å². The lowest BCUT2D eigenvalue weighted by Gasteiger charge is -2.20. The van der Waals surface area contributed by atoms with Crippen LogP contribution in [0, 0.1) is 5.92 Å². The van der Waals surface area contributed by atoms with Crippen molar-refractivity contribution >= 4 is 5.91 Å². The molecule has 4 heteroatoms. The first-order chi connectivity index (χ1) is 10.7. The molecule has 2 aliphatic heterocycles. The Hall–Kier alpha value is -1.55. The van der Waals surface area contributed by atoms with E-state index >= 15 is 0 Å². The van der Waals surface area contributed by atoms with Crippen LogP contribution in [0.25, 0.3) is 0 Å². The van der Waals surface area contributed by atoms with Crippen LogP contribution in [0.3, 0.4) is 0 Å². The van der Waals surface area contributed by atoms with Gasteiger partial charge in [-0.2, -0.15) is 0 Å². The number of fused-ring (bicyclic) bond motifs is 1. The van der Waals surface area contributed by atoms with E-state index in [1.165, 1.54) is 18.5 Å². The van der Waals surface area contributed by atoms with Crippen LogP contribution in [-0.2, 0) is 11.2 Å². The van der Waals surface area contributed by atoms with Gasteiger partial charge >= 0.3 is 0 Å². The van der Waals surface area contributed by atoms with E-state index < -0.39 is 0 Å². The van der Waals surface area contributed by atoms with Crippen LogP contribution in [0.1, 0.15) is 24.8 Å². The van der Waals surface area contributed by atoms with E-state index in [9.17, 15) is 4.79 Å². The molecule has 2 heterocycles. The molecule has 2 atom stereocenters. The largest absolute Gasteiger partial charge is 0.497 e. The lowest BCUT2D eigenvalue weighted by molar-refractivity contribution is -0.130. The molecule has 2 unspecified atom stereocenters. The fourth-order valence-electron chi connectivity index (χ4n) is 3.77. The van der Waals surface area contributed by atoms with Crippen LogP contribution in [0.4, 0.5) is 0 Å². The SMILES string of the molecule is COc1ccc(CCCC(=O)N2CC3CCN(C)C3C2)cc1. The number of nitrogens with zero attached hydrogens (tertiary/aromatic N) is 2. The van der Waals surface area contributed by atoms with Crippen LogP contribution >= 0.6 is 0 Å². The fraction of sp³-hybridized carbons (Fsp3) is 0.611. The van der Waals surface area contributed by atoms with Gasteiger partial charge in [0, 0.05) is 25.6 Å². The van der Waals surface area contributed by atoms with E-state index in [1.807, 2.05) is 12.1 Å². The minimum absolute atomic E-state index is 0.330. The Morgan fingerprint density at radius 1 is 1.27 bits per heavy atom. The Bertz CT molecular complexity index is 514. The maximum absolute atomic E-state index is 12.4. The van der Waals surface area contributed by atoms with E-state index in [0.717, 1.165) is 31.7 Å². The first-order valence-electron chi connectivity index (χ1n) is 8.28. The van der Waals surface area contributed by atoms with Crippen molar-refractivity contribution in [1.29, 1.82) is 0 Å². The topological polar surface area (TPSA) is 32.8 Å². The number of ether oxygens (including phenoxy) is 1. The minimum Gasteiger partial charge on any atom is -0.497 e. The molecule has 2 aliphatic rings. The van der Waals surface area contributed by atoms with Crippen molar-refractivity contribution in [2.75, 3.05) is 33.8 Å². The third-order valence-corrected chi connectivity index (χ3v) is 5.19. The number of hydrogen-bond acceptors (Lipinski definition) is 3. The molecular weight excluding hydrogens is 276 g/mol. The van der Waals surface area contributed by atoms with Crippen LogP contribution in [-0.4, -0.2) is 55.5 Å². The van der Waals surface area contributed by atoms with Crippen LogP contribution < -0.4 is 4.74 Å². The Balaban J connectivity index is 1.43. The molecule has 2 saturated heterocycles. The number of aryl methyl sites for hydroxylation is 1. The molecule has 0 bridgehead atoms. The summed E-state index contributed by atoms with van der Waals surface area (Å²) in [7, 11) is 3.86. The monoisotopic (exact) mass is 302 g/mol. The molecule has 1 aromatic rings. The molecule has 0 spiro atoms. The summed E-state index contributed by atoms with van der Waals surface area (Å²) in [6, 6.07) is 8.73. The Kier molecular flexibility index (Phi) is 4.67. The van der Waals surface area contributed by atoms with Gasteiger partial charge in [0.1, 0.15) is 5.75 Å². The van der Waals surface area contributed by atoms with Crippen LogP contribution in [0.15, 0.2) is 24.3 Å². The van der Waals surface area contributed by atoms with Gasteiger partial charge in [-0.3, -0.25) is 4.79 Å². The standard InChI is InChI=1S/C18H26N2O2/c1-19-11-10-15-12-20(13-17(15)19)18(21)5-3-4-14-6-8-16(22-2)9-7-14/h6-9,15,17H,3-5,10-13H2,1-2H3. The summed E-state index contributed by atoms with van der Waals surface area (Å²) in [4.78, 5) is 16.9. The van der Waals surface area contributed by atoms with E-state index in [4.69, 9.17) is 4.74 Å². The minimum atomic E-state index is 0.330. The molecule has 0 aliphatic carbocycles. The zero-order valence-electron chi connectivity index (χ0n) is 13.6. The number of carbonyl (C=O) groups is 1. The molecular formula is C18H26N2O2. The maximum Gasteiger partial charge on any atom is 0.222 e. The second-order valence-electron chi connectivity index (χ2n) is 6.60. The molecule has 3 rings (SSSR count). The molecule has 0 aromatic heterocycles.